The second-order valence-electron chi connectivity index (χ2n) is 5.74. The lowest BCUT2D eigenvalue weighted by Crippen LogP contribution is -2.39. The van der Waals surface area contributed by atoms with Gasteiger partial charge in [-0.25, -0.2) is 0 Å². The predicted molar refractivity (Wildman–Crippen MR) is 105 cm³/mol. The van der Waals surface area contributed by atoms with Crippen molar-refractivity contribution in [1.29, 1.82) is 0 Å². The Morgan fingerprint density at radius 3 is 2.62 bits per heavy atom. The first-order chi connectivity index (χ1) is 11.6. The molecule has 0 saturated carbocycles. The molecule has 0 saturated heterocycles. The van der Waals surface area contributed by atoms with Crippen LogP contribution in [0.2, 0.25) is 0 Å². The molecule has 24 heavy (non-hydrogen) atoms. The van der Waals surface area contributed by atoms with Crippen LogP contribution >= 0.6 is 15.9 Å². The van der Waals surface area contributed by atoms with Crippen molar-refractivity contribution in [2.75, 3.05) is 32.5 Å². The minimum atomic E-state index is 0.810. The fraction of sp³-hybridized carbons (Fsp3) is 0.389. The van der Waals surface area contributed by atoms with E-state index in [2.05, 4.69) is 79.5 Å². The van der Waals surface area contributed by atoms with Gasteiger partial charge in [0, 0.05) is 56.3 Å². The second kappa shape index (κ2) is 9.37. The number of aromatic nitrogens is 1. The molecule has 0 radical (unpaired) electrons. The average molecular weight is 392 g/mol. The molecule has 130 valence electrons. The van der Waals surface area contributed by atoms with Gasteiger partial charge in [0.05, 0.1) is 6.54 Å². The van der Waals surface area contributed by atoms with E-state index in [1.165, 1.54) is 5.69 Å². The highest BCUT2D eigenvalue weighted by molar-refractivity contribution is 9.10. The number of para-hydroxylation sites is 1. The normalized spacial score (nSPS) is 11.4. The molecule has 5 nitrogen and oxygen atoms in total. The van der Waals surface area contributed by atoms with Gasteiger partial charge in [-0.05, 0) is 40.5 Å². The van der Waals surface area contributed by atoms with Crippen LogP contribution in [0.3, 0.4) is 0 Å². The van der Waals surface area contributed by atoms with Crippen LogP contribution in [0.4, 0.5) is 5.69 Å². The zero-order chi connectivity index (χ0) is 17.4. The molecule has 0 unspecified atom stereocenters. The van der Waals surface area contributed by atoms with Crippen LogP contribution in [-0.2, 0) is 13.6 Å². The van der Waals surface area contributed by atoms with E-state index in [9.17, 15) is 0 Å². The van der Waals surface area contributed by atoms with E-state index < -0.39 is 0 Å². The Labute approximate surface area is 152 Å². The maximum Gasteiger partial charge on any atom is 0.193 e. The molecule has 0 aliphatic carbocycles. The van der Waals surface area contributed by atoms with Crippen LogP contribution in [0, 0.1) is 0 Å². The van der Waals surface area contributed by atoms with E-state index in [4.69, 9.17) is 0 Å². The molecule has 1 heterocycles. The van der Waals surface area contributed by atoms with Crippen molar-refractivity contribution in [1.82, 2.24) is 14.8 Å². The summed E-state index contributed by atoms with van der Waals surface area (Å²) in [6.07, 6.45) is 3.09. The number of aliphatic imine (C=N–C) groups is 1. The van der Waals surface area contributed by atoms with Gasteiger partial charge < -0.3 is 20.1 Å². The van der Waals surface area contributed by atoms with Crippen molar-refractivity contribution in [3.05, 3.63) is 52.8 Å². The topological polar surface area (TPSA) is 44.6 Å². The molecule has 6 heteroatoms. The van der Waals surface area contributed by atoms with Gasteiger partial charge in [0.2, 0.25) is 0 Å². The van der Waals surface area contributed by atoms with Crippen LogP contribution in [0.1, 0.15) is 12.1 Å². The standard InChI is InChI=1S/C18H26BrN5/c1-20-18(24(3)14-17-12-15(19)13-23(17)2)22-11-7-10-21-16-8-5-4-6-9-16/h4-6,8-9,12-13,21H,7,10-11,14H2,1-3H3,(H,20,22). The first kappa shape index (κ1) is 18.4. The monoisotopic (exact) mass is 391 g/mol. The van der Waals surface area contributed by atoms with Crippen molar-refractivity contribution in [2.45, 2.75) is 13.0 Å². The minimum Gasteiger partial charge on any atom is -0.385 e. The molecule has 2 rings (SSSR count). The number of anilines is 1. The van der Waals surface area contributed by atoms with Crippen LogP contribution in [-0.4, -0.2) is 42.6 Å². The smallest absolute Gasteiger partial charge is 0.193 e. The second-order valence-corrected chi connectivity index (χ2v) is 6.65. The molecule has 0 spiro atoms. The molecule has 0 fully saturated rings. The van der Waals surface area contributed by atoms with Crippen molar-refractivity contribution in [2.24, 2.45) is 12.0 Å². The predicted octanol–water partition coefficient (Wildman–Crippen LogP) is 3.30. The Hall–Kier alpha value is -1.95. The number of aryl methyl sites for hydroxylation is 1. The Kier molecular flexibility index (Phi) is 7.18. The summed E-state index contributed by atoms with van der Waals surface area (Å²) < 4.78 is 3.22. The van der Waals surface area contributed by atoms with Crippen LogP contribution in [0.15, 0.2) is 52.1 Å². The van der Waals surface area contributed by atoms with Gasteiger partial charge in [0.15, 0.2) is 5.96 Å². The Morgan fingerprint density at radius 2 is 2.00 bits per heavy atom. The van der Waals surface area contributed by atoms with E-state index in [0.29, 0.717) is 0 Å². The summed E-state index contributed by atoms with van der Waals surface area (Å²) in [4.78, 5) is 6.50. The molecule has 0 bridgehead atoms. The highest BCUT2D eigenvalue weighted by Crippen LogP contribution is 2.14. The third-order valence-electron chi connectivity index (χ3n) is 3.79. The van der Waals surface area contributed by atoms with Crippen LogP contribution in [0.5, 0.6) is 0 Å². The summed E-state index contributed by atoms with van der Waals surface area (Å²) >= 11 is 3.51. The SMILES string of the molecule is CN=C(NCCCNc1ccccc1)N(C)Cc1cc(Br)cn1C. The van der Waals surface area contributed by atoms with E-state index in [1.54, 1.807) is 0 Å². The van der Waals surface area contributed by atoms with E-state index >= 15 is 0 Å². The van der Waals surface area contributed by atoms with Gasteiger partial charge >= 0.3 is 0 Å². The average Bonchev–Trinajstić information content (AvgIpc) is 2.89. The van der Waals surface area contributed by atoms with Gasteiger partial charge in [0.25, 0.3) is 0 Å². The first-order valence-corrected chi connectivity index (χ1v) is 8.91. The highest BCUT2D eigenvalue weighted by Gasteiger charge is 2.09. The third-order valence-corrected chi connectivity index (χ3v) is 4.22. The number of halogens is 1. The zero-order valence-electron chi connectivity index (χ0n) is 14.6. The molecule has 2 aromatic rings. The Morgan fingerprint density at radius 1 is 1.25 bits per heavy atom. The molecule has 0 aliphatic heterocycles. The molecule has 1 aromatic heterocycles. The fourth-order valence-corrected chi connectivity index (χ4v) is 3.07. The zero-order valence-corrected chi connectivity index (χ0v) is 16.2. The summed E-state index contributed by atoms with van der Waals surface area (Å²) in [6, 6.07) is 12.4. The third kappa shape index (κ3) is 5.60. The Balaban J connectivity index is 1.72. The van der Waals surface area contributed by atoms with Crippen molar-refractivity contribution in [3.63, 3.8) is 0 Å². The maximum absolute atomic E-state index is 4.37. The molecule has 2 N–H and O–H groups in total. The van der Waals surface area contributed by atoms with Gasteiger partial charge in [-0.2, -0.15) is 0 Å². The van der Waals surface area contributed by atoms with E-state index in [0.717, 1.165) is 42.2 Å². The number of guanidine groups is 1. The molecule has 1 aromatic carbocycles. The number of hydrogen-bond donors (Lipinski definition) is 2. The lowest BCUT2D eigenvalue weighted by molar-refractivity contribution is 0.461. The maximum atomic E-state index is 4.37. The molecular formula is C18H26BrN5. The van der Waals surface area contributed by atoms with E-state index in [1.807, 2.05) is 25.2 Å². The minimum absolute atomic E-state index is 0.810. The molecule has 0 atom stereocenters. The number of hydrogen-bond acceptors (Lipinski definition) is 2. The summed E-state index contributed by atoms with van der Waals surface area (Å²) in [5.74, 6) is 0.909. The number of rotatable bonds is 7. The molecule has 0 amide bonds. The lowest BCUT2D eigenvalue weighted by atomic mass is 10.3. The number of nitrogens with one attached hydrogen (secondary N) is 2. The van der Waals surface area contributed by atoms with Gasteiger partial charge in [-0.3, -0.25) is 4.99 Å². The fourth-order valence-electron chi connectivity index (χ4n) is 2.50. The summed E-state index contributed by atoms with van der Waals surface area (Å²) in [6.45, 7) is 2.63. The Bertz CT molecular complexity index is 651. The van der Waals surface area contributed by atoms with Gasteiger partial charge in [0.1, 0.15) is 0 Å². The van der Waals surface area contributed by atoms with Crippen molar-refractivity contribution < 1.29 is 0 Å². The highest BCUT2D eigenvalue weighted by atomic mass is 79.9. The number of nitrogens with zero attached hydrogens (tertiary/aromatic N) is 3. The summed E-state index contributed by atoms with van der Waals surface area (Å²) in [7, 11) is 5.93. The molecular weight excluding hydrogens is 366 g/mol. The molecule has 0 aliphatic rings. The van der Waals surface area contributed by atoms with Crippen molar-refractivity contribution >= 4 is 27.6 Å². The summed E-state index contributed by atoms with van der Waals surface area (Å²) in [5, 5.41) is 6.83. The first-order valence-electron chi connectivity index (χ1n) is 8.11. The summed E-state index contributed by atoms with van der Waals surface area (Å²) in [5.41, 5.74) is 2.39. The quantitative estimate of drug-likeness (QED) is 0.432. The number of benzene rings is 1. The van der Waals surface area contributed by atoms with Gasteiger partial charge in [-0.15, -0.1) is 0 Å². The lowest BCUT2D eigenvalue weighted by Gasteiger charge is -2.22. The van der Waals surface area contributed by atoms with Crippen LogP contribution < -0.4 is 10.6 Å². The largest absolute Gasteiger partial charge is 0.385 e. The van der Waals surface area contributed by atoms with E-state index in [-0.39, 0.29) is 0 Å². The van der Waals surface area contributed by atoms with Crippen LogP contribution in [0.25, 0.3) is 0 Å². The van der Waals surface area contributed by atoms with Crippen molar-refractivity contribution in [3.8, 4) is 0 Å². The van der Waals surface area contributed by atoms with Gasteiger partial charge in [-0.1, -0.05) is 18.2 Å².